The third kappa shape index (κ3) is 2.30. The number of hydrogen-bond acceptors (Lipinski definition) is 3. The lowest BCUT2D eigenvalue weighted by atomic mass is 9.46. The molecule has 4 rings (SSSR count). The number of hydrogen-bond donors (Lipinski definition) is 0. The van der Waals surface area contributed by atoms with Crippen LogP contribution in [0.3, 0.4) is 0 Å². The van der Waals surface area contributed by atoms with Crippen molar-refractivity contribution in [3.63, 3.8) is 0 Å². The molecule has 0 heterocycles. The summed E-state index contributed by atoms with van der Waals surface area (Å²) in [5.74, 6) is 1.60. The topological polar surface area (TPSA) is 54.5 Å². The third-order valence-electron chi connectivity index (χ3n) is 8.39. The minimum atomic E-state index is -0.193. The minimum Gasteiger partial charge on any atom is -0.349 e. The van der Waals surface area contributed by atoms with Crippen molar-refractivity contribution in [2.75, 3.05) is 14.1 Å². The second-order valence-electron chi connectivity index (χ2n) is 9.85. The van der Waals surface area contributed by atoms with Crippen LogP contribution in [0, 0.1) is 34.5 Å². The summed E-state index contributed by atoms with van der Waals surface area (Å²) in [5, 5.41) is 0. The predicted octanol–water partition coefficient (Wildman–Crippen LogP) is 3.40. The molecule has 4 nitrogen and oxygen atoms in total. The normalized spacial score (nSPS) is 44.7. The van der Waals surface area contributed by atoms with Crippen LogP contribution in [-0.2, 0) is 14.4 Å². The Hall–Kier alpha value is -1.45. The zero-order valence-electron chi connectivity index (χ0n) is 16.5. The fraction of sp³-hybridized carbons (Fsp3) is 0.773. The molecule has 0 saturated heterocycles. The zero-order chi connectivity index (χ0) is 18.9. The Morgan fingerprint density at radius 2 is 1.85 bits per heavy atom. The maximum atomic E-state index is 13.4. The quantitative estimate of drug-likeness (QED) is 0.723. The largest absolute Gasteiger partial charge is 0.349 e. The summed E-state index contributed by atoms with van der Waals surface area (Å²) in [6.07, 6.45) is 7.65. The van der Waals surface area contributed by atoms with Gasteiger partial charge in [0.1, 0.15) is 5.78 Å². The molecule has 142 valence electrons. The van der Waals surface area contributed by atoms with Crippen LogP contribution < -0.4 is 0 Å². The Morgan fingerprint density at radius 3 is 2.54 bits per heavy atom. The van der Waals surface area contributed by atoms with E-state index < -0.39 is 0 Å². The van der Waals surface area contributed by atoms with Crippen LogP contribution in [0.5, 0.6) is 0 Å². The maximum absolute atomic E-state index is 13.4. The molecule has 3 saturated carbocycles. The van der Waals surface area contributed by atoms with Crippen molar-refractivity contribution in [3.8, 4) is 0 Å². The minimum absolute atomic E-state index is 0.0231. The van der Waals surface area contributed by atoms with E-state index in [4.69, 9.17) is 0 Å². The molecule has 0 aromatic carbocycles. The molecule has 0 bridgehead atoms. The van der Waals surface area contributed by atoms with Gasteiger partial charge in [-0.05, 0) is 60.8 Å². The number of carbonyl (C=O) groups is 3. The first kappa shape index (κ1) is 17.9. The van der Waals surface area contributed by atoms with Gasteiger partial charge in [0.2, 0.25) is 5.91 Å². The predicted molar refractivity (Wildman–Crippen MR) is 99.3 cm³/mol. The maximum Gasteiger partial charge on any atom is 0.225 e. The van der Waals surface area contributed by atoms with E-state index in [0.717, 1.165) is 32.1 Å². The van der Waals surface area contributed by atoms with Gasteiger partial charge in [0, 0.05) is 38.8 Å². The number of carbonyl (C=O) groups excluding carboxylic acids is 3. The molecule has 0 aliphatic heterocycles. The first-order valence-electron chi connectivity index (χ1n) is 10.2. The van der Waals surface area contributed by atoms with Crippen LogP contribution >= 0.6 is 0 Å². The molecule has 0 radical (unpaired) electrons. The summed E-state index contributed by atoms with van der Waals surface area (Å²) in [6, 6.07) is 0. The van der Waals surface area contributed by atoms with E-state index in [1.165, 1.54) is 5.57 Å². The molecule has 4 unspecified atom stereocenters. The van der Waals surface area contributed by atoms with Crippen LogP contribution in [0.15, 0.2) is 11.6 Å². The summed E-state index contributed by atoms with van der Waals surface area (Å²) < 4.78 is 0. The van der Waals surface area contributed by atoms with E-state index in [1.807, 2.05) is 20.2 Å². The van der Waals surface area contributed by atoms with E-state index in [1.54, 1.807) is 4.90 Å². The number of allylic oxidation sites excluding steroid dienone is 1. The molecule has 0 aromatic heterocycles. The molecule has 6 atom stereocenters. The Balaban J connectivity index is 1.70. The van der Waals surface area contributed by atoms with Crippen molar-refractivity contribution < 1.29 is 14.4 Å². The lowest BCUT2D eigenvalue weighted by Gasteiger charge is -2.56. The number of amides is 1. The number of fused-ring (bicyclic) bond motifs is 5. The van der Waals surface area contributed by atoms with E-state index >= 15 is 0 Å². The highest BCUT2D eigenvalue weighted by molar-refractivity contribution is 5.93. The fourth-order valence-electron chi connectivity index (χ4n) is 7.10. The molecule has 4 heteroatoms. The molecular weight excluding hydrogens is 326 g/mol. The van der Waals surface area contributed by atoms with E-state index in [-0.39, 0.29) is 34.4 Å². The molecule has 4 aliphatic rings. The zero-order valence-corrected chi connectivity index (χ0v) is 16.5. The molecule has 0 N–H and O–H groups in total. The first-order chi connectivity index (χ1) is 12.2. The van der Waals surface area contributed by atoms with Gasteiger partial charge >= 0.3 is 0 Å². The van der Waals surface area contributed by atoms with Gasteiger partial charge in [0.15, 0.2) is 5.78 Å². The average molecular weight is 357 g/mol. The monoisotopic (exact) mass is 357 g/mol. The van der Waals surface area contributed by atoms with Gasteiger partial charge in [-0.15, -0.1) is 0 Å². The Morgan fingerprint density at radius 1 is 1.12 bits per heavy atom. The van der Waals surface area contributed by atoms with E-state index in [0.29, 0.717) is 30.5 Å². The Bertz CT molecular complexity index is 708. The molecule has 26 heavy (non-hydrogen) atoms. The average Bonchev–Trinajstić information content (AvgIpc) is 2.90. The van der Waals surface area contributed by atoms with Gasteiger partial charge in [-0.25, -0.2) is 0 Å². The highest BCUT2D eigenvalue weighted by Crippen LogP contribution is 2.65. The SMILES string of the molecule is CN(C)C(=O)C1CCC2C3CCC4=CC(=O)CC[C@]4(C)C3C(=O)C[C@]12C. The van der Waals surface area contributed by atoms with Crippen molar-refractivity contribution in [2.45, 2.75) is 58.8 Å². The van der Waals surface area contributed by atoms with Crippen molar-refractivity contribution in [3.05, 3.63) is 11.6 Å². The van der Waals surface area contributed by atoms with Gasteiger partial charge in [-0.2, -0.15) is 0 Å². The lowest BCUT2D eigenvalue weighted by Crippen LogP contribution is -2.55. The van der Waals surface area contributed by atoms with Crippen LogP contribution in [0.4, 0.5) is 0 Å². The summed E-state index contributed by atoms with van der Waals surface area (Å²) in [6.45, 7) is 4.42. The highest BCUT2D eigenvalue weighted by Gasteiger charge is 2.63. The van der Waals surface area contributed by atoms with Gasteiger partial charge in [-0.1, -0.05) is 19.4 Å². The van der Waals surface area contributed by atoms with Crippen LogP contribution in [-0.4, -0.2) is 36.5 Å². The molecule has 0 aromatic rings. The summed E-state index contributed by atoms with van der Waals surface area (Å²) in [7, 11) is 3.65. The molecular formula is C22H31NO3. The number of ketones is 2. The van der Waals surface area contributed by atoms with E-state index in [2.05, 4.69) is 13.8 Å². The third-order valence-corrected chi connectivity index (χ3v) is 8.39. The summed E-state index contributed by atoms with van der Waals surface area (Å²) in [5.41, 5.74) is 0.881. The summed E-state index contributed by atoms with van der Waals surface area (Å²) in [4.78, 5) is 39.8. The van der Waals surface area contributed by atoms with Crippen molar-refractivity contribution in [1.82, 2.24) is 4.90 Å². The Kier molecular flexibility index (Phi) is 3.98. The van der Waals surface area contributed by atoms with Gasteiger partial charge < -0.3 is 4.90 Å². The highest BCUT2D eigenvalue weighted by atomic mass is 16.2. The molecule has 1 amide bonds. The van der Waals surface area contributed by atoms with Gasteiger partial charge in [0.25, 0.3) is 0 Å². The van der Waals surface area contributed by atoms with Gasteiger partial charge in [0.05, 0.1) is 0 Å². The molecule has 0 spiro atoms. The first-order valence-corrected chi connectivity index (χ1v) is 10.2. The lowest BCUT2D eigenvalue weighted by molar-refractivity contribution is -0.151. The second kappa shape index (κ2) is 5.77. The van der Waals surface area contributed by atoms with Crippen LogP contribution in [0.1, 0.15) is 58.8 Å². The standard InChI is InChI=1S/C22H31NO3/c1-21-10-9-14(24)11-13(21)5-6-15-16-7-8-17(20(26)23(3)4)22(16,2)12-18(25)19(15)21/h11,15-17,19H,5-10,12H2,1-4H3/t15?,16?,17?,19?,21-,22-/m0/s1. The van der Waals surface area contributed by atoms with Crippen LogP contribution in [0.2, 0.25) is 0 Å². The summed E-state index contributed by atoms with van der Waals surface area (Å²) >= 11 is 0. The number of Topliss-reactive ketones (excluding diaryl/α,β-unsaturated/α-hetero) is 1. The van der Waals surface area contributed by atoms with Crippen LogP contribution in [0.25, 0.3) is 0 Å². The second-order valence-corrected chi connectivity index (χ2v) is 9.85. The Labute approximate surface area is 156 Å². The van der Waals surface area contributed by atoms with Gasteiger partial charge in [-0.3, -0.25) is 14.4 Å². The smallest absolute Gasteiger partial charge is 0.225 e. The fourth-order valence-corrected chi connectivity index (χ4v) is 7.10. The number of nitrogens with zero attached hydrogens (tertiary/aromatic N) is 1. The van der Waals surface area contributed by atoms with Crippen molar-refractivity contribution in [2.24, 2.45) is 34.5 Å². The number of rotatable bonds is 1. The molecule has 3 fully saturated rings. The molecule has 4 aliphatic carbocycles. The van der Waals surface area contributed by atoms with E-state index in [9.17, 15) is 14.4 Å². The van der Waals surface area contributed by atoms with Crippen molar-refractivity contribution >= 4 is 17.5 Å². The van der Waals surface area contributed by atoms with Crippen molar-refractivity contribution in [1.29, 1.82) is 0 Å².